The molecule has 2 heterocycles. The molecule has 0 saturated carbocycles. The highest BCUT2D eigenvalue weighted by Crippen LogP contribution is 2.29. The maximum absolute atomic E-state index is 12.4. The number of benzene rings is 2. The molecule has 28 heavy (non-hydrogen) atoms. The van der Waals surface area contributed by atoms with E-state index in [9.17, 15) is 9.59 Å². The van der Waals surface area contributed by atoms with Crippen LogP contribution in [0.5, 0.6) is 0 Å². The third-order valence-corrected chi connectivity index (χ3v) is 5.65. The molecule has 0 radical (unpaired) electrons. The van der Waals surface area contributed by atoms with E-state index in [1.165, 1.54) is 11.3 Å². The summed E-state index contributed by atoms with van der Waals surface area (Å²) in [6, 6.07) is 18.0. The number of imidazole rings is 1. The molecule has 0 bridgehead atoms. The number of carbonyl (C=O) groups excluding carboxylic acids is 2. The predicted molar refractivity (Wildman–Crippen MR) is 110 cm³/mol. The molecular weight excluding hydrogens is 396 g/mol. The van der Waals surface area contributed by atoms with Gasteiger partial charge in [-0.25, -0.2) is 4.98 Å². The Morgan fingerprint density at radius 2 is 1.68 bits per heavy atom. The maximum atomic E-state index is 12.4. The van der Waals surface area contributed by atoms with Gasteiger partial charge in [-0.1, -0.05) is 35.9 Å². The minimum Gasteiger partial charge on any atom is -0.326 e. The third kappa shape index (κ3) is 3.37. The highest BCUT2D eigenvalue weighted by atomic mass is 35.5. The van der Waals surface area contributed by atoms with Crippen molar-refractivity contribution in [1.82, 2.24) is 20.4 Å². The molecule has 0 spiro atoms. The second kappa shape index (κ2) is 7.46. The summed E-state index contributed by atoms with van der Waals surface area (Å²) in [5, 5.41) is 0.314. The smallest absolute Gasteiger partial charge is 0.279 e. The van der Waals surface area contributed by atoms with Gasteiger partial charge in [-0.2, -0.15) is 0 Å². The van der Waals surface area contributed by atoms with Crippen molar-refractivity contribution in [2.24, 2.45) is 7.05 Å². The number of aryl methyl sites for hydroxylation is 1. The van der Waals surface area contributed by atoms with Gasteiger partial charge in [0.25, 0.3) is 11.8 Å². The summed E-state index contributed by atoms with van der Waals surface area (Å²) in [4.78, 5) is 30.5. The van der Waals surface area contributed by atoms with Gasteiger partial charge >= 0.3 is 0 Å². The largest absolute Gasteiger partial charge is 0.326 e. The topological polar surface area (TPSA) is 76.0 Å². The highest BCUT2D eigenvalue weighted by Gasteiger charge is 2.16. The Kier molecular flexibility index (Phi) is 4.85. The Morgan fingerprint density at radius 3 is 2.46 bits per heavy atom. The fraction of sp³-hybridized carbons (Fsp3) is 0.0500. The summed E-state index contributed by atoms with van der Waals surface area (Å²) in [5.74, 6) is -0.105. The molecule has 2 aromatic heterocycles. The normalized spacial score (nSPS) is 10.8. The number of hydrogen-bond donors (Lipinski definition) is 2. The first-order valence-electron chi connectivity index (χ1n) is 8.41. The summed E-state index contributed by atoms with van der Waals surface area (Å²) in [7, 11) is 1.94. The Morgan fingerprint density at radius 1 is 0.964 bits per heavy atom. The van der Waals surface area contributed by atoms with E-state index in [0.717, 1.165) is 21.7 Å². The van der Waals surface area contributed by atoms with Crippen LogP contribution >= 0.6 is 22.9 Å². The molecule has 2 amide bonds. The molecule has 140 valence electrons. The van der Waals surface area contributed by atoms with E-state index in [-0.39, 0.29) is 5.56 Å². The molecule has 4 aromatic rings. The quantitative estimate of drug-likeness (QED) is 0.500. The second-order valence-corrected chi connectivity index (χ2v) is 7.53. The van der Waals surface area contributed by atoms with E-state index >= 15 is 0 Å². The van der Waals surface area contributed by atoms with Gasteiger partial charge in [0.05, 0.1) is 31.4 Å². The second-order valence-electron chi connectivity index (χ2n) is 6.04. The number of hydrogen-bond acceptors (Lipinski definition) is 4. The van der Waals surface area contributed by atoms with Crippen LogP contribution in [0.25, 0.3) is 21.7 Å². The zero-order valence-corrected chi connectivity index (χ0v) is 16.3. The summed E-state index contributed by atoms with van der Waals surface area (Å²) < 4.78 is 1.99. The van der Waals surface area contributed by atoms with Crippen molar-refractivity contribution in [3.05, 3.63) is 76.1 Å². The number of para-hydroxylation sites is 2. The van der Waals surface area contributed by atoms with E-state index < -0.39 is 11.8 Å². The van der Waals surface area contributed by atoms with Crippen LogP contribution in [0.3, 0.4) is 0 Å². The van der Waals surface area contributed by atoms with Gasteiger partial charge in [0, 0.05) is 7.05 Å². The zero-order chi connectivity index (χ0) is 19.7. The molecule has 0 fully saturated rings. The standard InChI is InChI=1S/C20H15ClN4O2S/c1-25-15-9-5-4-8-14(15)22-18(25)16-10-11-17(28-16)20(27)24-23-19(26)12-6-2-3-7-13(12)21/h2-11H,1H3,(H,23,26)(H,24,27). The Hall–Kier alpha value is -3.16. The van der Waals surface area contributed by atoms with E-state index in [4.69, 9.17) is 11.6 Å². The lowest BCUT2D eigenvalue weighted by Crippen LogP contribution is -2.41. The number of amides is 2. The molecule has 2 N–H and O–H groups in total. The first-order valence-corrected chi connectivity index (χ1v) is 9.61. The lowest BCUT2D eigenvalue weighted by molar-refractivity contribution is 0.0849. The summed E-state index contributed by atoms with van der Waals surface area (Å²) in [6.45, 7) is 0. The van der Waals surface area contributed by atoms with Gasteiger partial charge < -0.3 is 4.57 Å². The molecule has 2 aromatic carbocycles. The van der Waals surface area contributed by atoms with E-state index in [0.29, 0.717) is 9.90 Å². The number of aromatic nitrogens is 2. The first-order chi connectivity index (χ1) is 13.5. The molecule has 0 atom stereocenters. The van der Waals surface area contributed by atoms with Crippen LogP contribution in [0.15, 0.2) is 60.7 Å². The van der Waals surface area contributed by atoms with Crippen LogP contribution < -0.4 is 10.9 Å². The molecule has 0 unspecified atom stereocenters. The van der Waals surface area contributed by atoms with Crippen LogP contribution in [0.2, 0.25) is 5.02 Å². The minimum absolute atomic E-state index is 0.288. The predicted octanol–water partition coefficient (Wildman–Crippen LogP) is 4.03. The SMILES string of the molecule is Cn1c(-c2ccc(C(=O)NNC(=O)c3ccccc3Cl)s2)nc2ccccc21. The minimum atomic E-state index is -0.480. The van der Waals surface area contributed by atoms with Crippen molar-refractivity contribution >= 4 is 45.8 Å². The van der Waals surface area contributed by atoms with Crippen molar-refractivity contribution in [1.29, 1.82) is 0 Å². The van der Waals surface area contributed by atoms with Crippen molar-refractivity contribution in [3.8, 4) is 10.7 Å². The molecule has 0 aliphatic rings. The van der Waals surface area contributed by atoms with Gasteiger partial charge in [-0.05, 0) is 36.4 Å². The van der Waals surface area contributed by atoms with Crippen LogP contribution in [-0.2, 0) is 7.05 Å². The first kappa shape index (κ1) is 18.2. The van der Waals surface area contributed by atoms with Crippen LogP contribution in [0, 0.1) is 0 Å². The zero-order valence-electron chi connectivity index (χ0n) is 14.8. The number of nitrogens with zero attached hydrogens (tertiary/aromatic N) is 2. The van der Waals surface area contributed by atoms with Gasteiger partial charge in [-0.15, -0.1) is 11.3 Å². The van der Waals surface area contributed by atoms with Crippen LogP contribution in [0.1, 0.15) is 20.0 Å². The monoisotopic (exact) mass is 410 g/mol. The number of carbonyl (C=O) groups is 2. The summed E-state index contributed by atoms with van der Waals surface area (Å²) in [6.07, 6.45) is 0. The summed E-state index contributed by atoms with van der Waals surface area (Å²) in [5.41, 5.74) is 7.00. The van der Waals surface area contributed by atoms with Gasteiger partial charge in [0.15, 0.2) is 5.82 Å². The van der Waals surface area contributed by atoms with Gasteiger partial charge in [-0.3, -0.25) is 20.4 Å². The molecular formula is C20H15ClN4O2S. The molecule has 6 nitrogen and oxygen atoms in total. The number of nitrogens with one attached hydrogen (secondary N) is 2. The molecule has 0 aliphatic heterocycles. The lowest BCUT2D eigenvalue weighted by atomic mass is 10.2. The number of hydrazine groups is 1. The van der Waals surface area contributed by atoms with E-state index in [1.54, 1.807) is 30.3 Å². The third-order valence-electron chi connectivity index (χ3n) is 4.25. The Bertz CT molecular complexity index is 1200. The number of halogens is 1. The van der Waals surface area contributed by atoms with E-state index in [1.807, 2.05) is 41.9 Å². The van der Waals surface area contributed by atoms with Crippen LogP contribution in [-0.4, -0.2) is 21.4 Å². The highest BCUT2D eigenvalue weighted by molar-refractivity contribution is 7.17. The molecule has 4 rings (SSSR count). The fourth-order valence-corrected chi connectivity index (χ4v) is 3.98. The summed E-state index contributed by atoms with van der Waals surface area (Å²) >= 11 is 7.29. The average molecular weight is 411 g/mol. The average Bonchev–Trinajstić information content (AvgIpc) is 3.31. The molecule has 0 aliphatic carbocycles. The molecule has 8 heteroatoms. The maximum Gasteiger partial charge on any atom is 0.279 e. The Labute approximate surface area is 169 Å². The van der Waals surface area contributed by atoms with Gasteiger partial charge in [0.2, 0.25) is 0 Å². The number of thiophene rings is 1. The fourth-order valence-electron chi connectivity index (χ4n) is 2.83. The van der Waals surface area contributed by atoms with Crippen molar-refractivity contribution in [3.63, 3.8) is 0 Å². The van der Waals surface area contributed by atoms with Crippen molar-refractivity contribution in [2.45, 2.75) is 0 Å². The van der Waals surface area contributed by atoms with Crippen molar-refractivity contribution in [2.75, 3.05) is 0 Å². The van der Waals surface area contributed by atoms with Gasteiger partial charge in [0.1, 0.15) is 0 Å². The Balaban J connectivity index is 1.49. The van der Waals surface area contributed by atoms with Crippen LogP contribution in [0.4, 0.5) is 0 Å². The number of rotatable bonds is 3. The van der Waals surface area contributed by atoms with Crippen molar-refractivity contribution < 1.29 is 9.59 Å². The lowest BCUT2D eigenvalue weighted by Gasteiger charge is -2.07. The molecule has 0 saturated heterocycles. The number of fused-ring (bicyclic) bond motifs is 1. The van der Waals surface area contributed by atoms with E-state index in [2.05, 4.69) is 15.8 Å².